The van der Waals surface area contributed by atoms with E-state index in [1.807, 2.05) is 0 Å². The molecule has 1 aliphatic carbocycles. The molecule has 0 aromatic carbocycles. The van der Waals surface area contributed by atoms with Crippen molar-refractivity contribution < 1.29 is 0 Å². The summed E-state index contributed by atoms with van der Waals surface area (Å²) >= 11 is 0. The normalized spacial score (nSPS) is 20.4. The Morgan fingerprint density at radius 3 is 2.65 bits per heavy atom. The lowest BCUT2D eigenvalue weighted by atomic mass is 10.0. The minimum atomic E-state index is -0.0442. The van der Waals surface area contributed by atoms with Crippen LogP contribution in [-0.4, -0.2) is 22.9 Å². The first-order valence-corrected chi connectivity index (χ1v) is 7.42. The smallest absolute Gasteiger partial charge is 0.268 e. The Kier molecular flexibility index (Phi) is 3.47. The van der Waals surface area contributed by atoms with Gasteiger partial charge in [-0.3, -0.25) is 4.79 Å². The molecule has 0 amide bonds. The van der Waals surface area contributed by atoms with Crippen molar-refractivity contribution in [2.75, 3.05) is 18.0 Å². The van der Waals surface area contributed by atoms with Crippen molar-refractivity contribution in [3.05, 3.63) is 22.6 Å². The van der Waals surface area contributed by atoms with Crippen molar-refractivity contribution in [2.45, 2.75) is 45.1 Å². The van der Waals surface area contributed by atoms with Crippen molar-refractivity contribution >= 4 is 5.69 Å². The summed E-state index contributed by atoms with van der Waals surface area (Å²) in [6.07, 6.45) is 8.04. The maximum Gasteiger partial charge on any atom is 0.268 e. The molecule has 1 aromatic heterocycles. The topological polar surface area (TPSA) is 61.9 Å². The number of nitrogens with zero attached hydrogens (tertiary/aromatic N) is 4. The monoisotopic (exact) mass is 272 g/mol. The van der Waals surface area contributed by atoms with E-state index in [1.54, 1.807) is 12.3 Å². The van der Waals surface area contributed by atoms with E-state index in [9.17, 15) is 4.79 Å². The molecule has 0 unspecified atom stereocenters. The van der Waals surface area contributed by atoms with Gasteiger partial charge < -0.3 is 4.90 Å². The number of hydrogen-bond acceptors (Lipinski definition) is 4. The molecule has 1 aliphatic heterocycles. The van der Waals surface area contributed by atoms with Crippen LogP contribution in [-0.2, 0) is 6.54 Å². The third-order valence-corrected chi connectivity index (χ3v) is 4.47. The van der Waals surface area contributed by atoms with Crippen LogP contribution in [0.25, 0.3) is 0 Å². The van der Waals surface area contributed by atoms with Crippen LogP contribution >= 0.6 is 0 Å². The number of anilines is 1. The van der Waals surface area contributed by atoms with Crippen molar-refractivity contribution in [2.24, 2.45) is 5.41 Å². The molecule has 3 rings (SSSR count). The van der Waals surface area contributed by atoms with Crippen LogP contribution in [0.1, 0.15) is 38.5 Å². The number of rotatable bonds is 4. The molecule has 0 radical (unpaired) electrons. The highest BCUT2D eigenvalue weighted by atomic mass is 16.1. The highest BCUT2D eigenvalue weighted by Gasteiger charge is 2.43. The minimum Gasteiger partial charge on any atom is -0.370 e. The second-order valence-electron chi connectivity index (χ2n) is 6.09. The Bertz CT molecular complexity index is 576. The summed E-state index contributed by atoms with van der Waals surface area (Å²) in [6, 6.07) is 3.92. The lowest BCUT2D eigenvalue weighted by Gasteiger charge is -2.28. The van der Waals surface area contributed by atoms with Crippen LogP contribution < -0.4 is 10.5 Å². The van der Waals surface area contributed by atoms with E-state index < -0.39 is 0 Å². The van der Waals surface area contributed by atoms with Gasteiger partial charge in [0, 0.05) is 31.0 Å². The summed E-state index contributed by atoms with van der Waals surface area (Å²) in [5, 5.41) is 13.2. The first-order valence-electron chi connectivity index (χ1n) is 7.42. The third-order valence-electron chi connectivity index (χ3n) is 4.47. The van der Waals surface area contributed by atoms with Crippen LogP contribution in [0.4, 0.5) is 5.69 Å². The van der Waals surface area contributed by atoms with Gasteiger partial charge in [0.05, 0.1) is 24.5 Å². The maximum atomic E-state index is 12.2. The molecule has 2 aliphatic rings. The third kappa shape index (κ3) is 2.69. The Morgan fingerprint density at radius 1 is 1.30 bits per heavy atom. The van der Waals surface area contributed by atoms with Crippen molar-refractivity contribution in [3.8, 4) is 6.07 Å². The van der Waals surface area contributed by atoms with Crippen LogP contribution in [0, 0.1) is 16.7 Å². The summed E-state index contributed by atoms with van der Waals surface area (Å²) < 4.78 is 1.53. The van der Waals surface area contributed by atoms with E-state index in [0.717, 1.165) is 31.6 Å². The summed E-state index contributed by atoms with van der Waals surface area (Å²) in [4.78, 5) is 14.4. The Balaban J connectivity index is 1.74. The van der Waals surface area contributed by atoms with Gasteiger partial charge in [-0.05, 0) is 32.1 Å². The van der Waals surface area contributed by atoms with E-state index in [-0.39, 0.29) is 11.0 Å². The molecule has 0 atom stereocenters. The predicted molar refractivity (Wildman–Crippen MR) is 76.5 cm³/mol. The van der Waals surface area contributed by atoms with Gasteiger partial charge in [-0.15, -0.1) is 0 Å². The molecular weight excluding hydrogens is 252 g/mol. The Hall–Kier alpha value is -1.83. The average molecular weight is 272 g/mol. The number of piperidine rings is 1. The van der Waals surface area contributed by atoms with E-state index in [2.05, 4.69) is 16.1 Å². The molecule has 1 saturated heterocycles. The molecule has 1 saturated carbocycles. The first kappa shape index (κ1) is 13.2. The second kappa shape index (κ2) is 5.28. The maximum absolute atomic E-state index is 12.2. The molecule has 2 heterocycles. The van der Waals surface area contributed by atoms with Crippen LogP contribution in [0.15, 0.2) is 17.1 Å². The summed E-state index contributed by atoms with van der Waals surface area (Å²) in [5.41, 5.74) is 0.909. The number of nitriles is 1. The van der Waals surface area contributed by atoms with Crippen molar-refractivity contribution in [1.29, 1.82) is 5.26 Å². The molecule has 0 N–H and O–H groups in total. The SMILES string of the molecule is N#CCC1(Cn2ncc(N3CCCCC3)cc2=O)CC1. The van der Waals surface area contributed by atoms with Crippen molar-refractivity contribution in [1.82, 2.24) is 9.78 Å². The van der Waals surface area contributed by atoms with Crippen molar-refractivity contribution in [3.63, 3.8) is 0 Å². The fourth-order valence-corrected chi connectivity index (χ4v) is 2.92. The van der Waals surface area contributed by atoms with Crippen LogP contribution in [0.3, 0.4) is 0 Å². The summed E-state index contributed by atoms with van der Waals surface area (Å²) in [6.45, 7) is 2.62. The van der Waals surface area contributed by atoms with Gasteiger partial charge in [-0.1, -0.05) is 0 Å². The highest BCUT2D eigenvalue weighted by molar-refractivity contribution is 5.43. The van der Waals surface area contributed by atoms with E-state index >= 15 is 0 Å². The van der Waals surface area contributed by atoms with Gasteiger partial charge in [0.2, 0.25) is 0 Å². The van der Waals surface area contributed by atoms with Gasteiger partial charge in [0.15, 0.2) is 0 Å². The fraction of sp³-hybridized carbons (Fsp3) is 0.667. The molecular formula is C15H20N4O. The van der Waals surface area contributed by atoms with Crippen LogP contribution in [0.2, 0.25) is 0 Å². The van der Waals surface area contributed by atoms with Gasteiger partial charge in [0.25, 0.3) is 5.56 Å². The fourth-order valence-electron chi connectivity index (χ4n) is 2.92. The van der Waals surface area contributed by atoms with E-state index in [4.69, 9.17) is 5.26 Å². The minimum absolute atomic E-state index is 0.0121. The van der Waals surface area contributed by atoms with Gasteiger partial charge in [-0.25, -0.2) is 4.68 Å². The lowest BCUT2D eigenvalue weighted by molar-refractivity contribution is 0.391. The molecule has 5 heteroatoms. The van der Waals surface area contributed by atoms with Gasteiger partial charge >= 0.3 is 0 Å². The zero-order chi connectivity index (χ0) is 14.0. The van der Waals surface area contributed by atoms with Crippen LogP contribution in [0.5, 0.6) is 0 Å². The average Bonchev–Trinajstić information content (AvgIpc) is 3.22. The second-order valence-corrected chi connectivity index (χ2v) is 6.09. The van der Waals surface area contributed by atoms with Gasteiger partial charge in [-0.2, -0.15) is 10.4 Å². The number of aromatic nitrogens is 2. The zero-order valence-corrected chi connectivity index (χ0v) is 11.7. The molecule has 2 fully saturated rings. The quantitative estimate of drug-likeness (QED) is 0.840. The van der Waals surface area contributed by atoms with E-state index in [1.165, 1.54) is 23.9 Å². The molecule has 1 aromatic rings. The van der Waals surface area contributed by atoms with Gasteiger partial charge in [0.1, 0.15) is 0 Å². The first-order chi connectivity index (χ1) is 9.72. The summed E-state index contributed by atoms with van der Waals surface area (Å²) in [5.74, 6) is 0. The molecule has 0 bridgehead atoms. The zero-order valence-electron chi connectivity index (χ0n) is 11.7. The molecule has 20 heavy (non-hydrogen) atoms. The Labute approximate surface area is 118 Å². The van der Waals surface area contributed by atoms with E-state index in [0.29, 0.717) is 13.0 Å². The highest BCUT2D eigenvalue weighted by Crippen LogP contribution is 2.49. The molecule has 5 nitrogen and oxygen atoms in total. The molecule has 0 spiro atoms. The molecule has 106 valence electrons. The predicted octanol–water partition coefficient (Wildman–Crippen LogP) is 1.93. The number of hydrogen-bond donors (Lipinski definition) is 0. The summed E-state index contributed by atoms with van der Waals surface area (Å²) in [7, 11) is 0. The lowest BCUT2D eigenvalue weighted by Crippen LogP contribution is -2.33. The Morgan fingerprint density at radius 2 is 2.05 bits per heavy atom. The largest absolute Gasteiger partial charge is 0.370 e. The standard InChI is InChI=1S/C15H20N4O/c16-7-6-15(4-5-15)12-19-14(20)10-13(11-17-19)18-8-2-1-3-9-18/h10-11H,1-6,8-9,12H2.